The molecule has 4 nitrogen and oxygen atoms in total. The number of nitrogens with two attached hydrogens (primary N) is 1. The van der Waals surface area contributed by atoms with E-state index in [0.29, 0.717) is 22.6 Å². The molecule has 0 aliphatic rings. The lowest BCUT2D eigenvalue weighted by Crippen LogP contribution is -2.13. The van der Waals surface area contributed by atoms with E-state index in [9.17, 15) is 9.18 Å². The molecule has 0 bridgehead atoms. The van der Waals surface area contributed by atoms with Gasteiger partial charge in [-0.3, -0.25) is 4.79 Å². The average molecular weight is 288 g/mol. The highest BCUT2D eigenvalue weighted by Gasteiger charge is 2.14. The van der Waals surface area contributed by atoms with Crippen LogP contribution in [0.1, 0.15) is 28.9 Å². The maximum Gasteiger partial charge on any atom is 0.248 e. The molecule has 3 N–H and O–H groups in total. The molecule has 2 rings (SSSR count). The Hall–Kier alpha value is -2.56. The van der Waals surface area contributed by atoms with E-state index in [1.807, 2.05) is 6.92 Å². The van der Waals surface area contributed by atoms with E-state index in [4.69, 9.17) is 10.5 Å². The second-order valence-corrected chi connectivity index (χ2v) is 4.67. The summed E-state index contributed by atoms with van der Waals surface area (Å²) < 4.78 is 19.0. The molecule has 0 aromatic heterocycles. The highest BCUT2D eigenvalue weighted by Crippen LogP contribution is 2.29. The van der Waals surface area contributed by atoms with Gasteiger partial charge in [-0.1, -0.05) is 18.2 Å². The van der Waals surface area contributed by atoms with Crippen LogP contribution >= 0.6 is 0 Å². The van der Waals surface area contributed by atoms with Gasteiger partial charge in [0, 0.05) is 11.1 Å². The van der Waals surface area contributed by atoms with Crippen LogP contribution in [0.2, 0.25) is 0 Å². The Morgan fingerprint density at radius 2 is 2.00 bits per heavy atom. The van der Waals surface area contributed by atoms with Gasteiger partial charge >= 0.3 is 0 Å². The first-order valence-corrected chi connectivity index (χ1v) is 6.51. The zero-order valence-corrected chi connectivity index (χ0v) is 11.9. The van der Waals surface area contributed by atoms with Crippen molar-refractivity contribution in [1.29, 1.82) is 0 Å². The maximum absolute atomic E-state index is 13.8. The van der Waals surface area contributed by atoms with Crippen molar-refractivity contribution in [1.82, 2.24) is 0 Å². The number of benzene rings is 2. The predicted molar refractivity (Wildman–Crippen MR) is 79.9 cm³/mol. The number of halogens is 1. The van der Waals surface area contributed by atoms with Gasteiger partial charge in [0.2, 0.25) is 5.91 Å². The summed E-state index contributed by atoms with van der Waals surface area (Å²) in [5, 5.41) is 3.14. The van der Waals surface area contributed by atoms with Gasteiger partial charge in [0.1, 0.15) is 11.6 Å². The SMILES string of the molecule is COc1ccc(C(N)=O)cc1NC(C)c1ccccc1F. The summed E-state index contributed by atoms with van der Waals surface area (Å²) in [5.74, 6) is -0.259. The number of rotatable bonds is 5. The van der Waals surface area contributed by atoms with Crippen molar-refractivity contribution >= 4 is 11.6 Å². The van der Waals surface area contributed by atoms with Gasteiger partial charge in [0.25, 0.3) is 0 Å². The quantitative estimate of drug-likeness (QED) is 0.888. The van der Waals surface area contributed by atoms with Crippen molar-refractivity contribution in [3.8, 4) is 5.75 Å². The molecule has 2 aromatic carbocycles. The summed E-state index contributed by atoms with van der Waals surface area (Å²) in [6.45, 7) is 1.83. The summed E-state index contributed by atoms with van der Waals surface area (Å²) in [4.78, 5) is 11.3. The van der Waals surface area contributed by atoms with Gasteiger partial charge in [-0.05, 0) is 31.2 Å². The Bertz CT molecular complexity index is 658. The fourth-order valence-corrected chi connectivity index (χ4v) is 2.11. The molecule has 0 fully saturated rings. The third-order valence-electron chi connectivity index (χ3n) is 3.23. The Labute approximate surface area is 122 Å². The monoisotopic (exact) mass is 288 g/mol. The average Bonchev–Trinajstić information content (AvgIpc) is 2.47. The molecule has 1 unspecified atom stereocenters. The standard InChI is InChI=1S/C16H17FN2O2/c1-10(12-5-3-4-6-13(12)17)19-14-9-11(16(18)20)7-8-15(14)21-2/h3-10,19H,1-2H3,(H2,18,20). The van der Waals surface area contributed by atoms with Crippen LogP contribution in [0.15, 0.2) is 42.5 Å². The van der Waals surface area contributed by atoms with Crippen molar-refractivity contribution in [3.63, 3.8) is 0 Å². The fraction of sp³-hybridized carbons (Fsp3) is 0.188. The molecule has 110 valence electrons. The number of methoxy groups -OCH3 is 1. The smallest absolute Gasteiger partial charge is 0.248 e. The lowest BCUT2D eigenvalue weighted by Gasteiger charge is -2.19. The number of carbonyl (C=O) groups excluding carboxylic acids is 1. The number of carbonyl (C=O) groups is 1. The number of anilines is 1. The molecule has 0 heterocycles. The van der Waals surface area contributed by atoms with E-state index in [1.54, 1.807) is 36.4 Å². The molecule has 0 aliphatic heterocycles. The first-order chi connectivity index (χ1) is 10.0. The number of ether oxygens (including phenoxy) is 1. The third kappa shape index (κ3) is 3.31. The largest absolute Gasteiger partial charge is 0.495 e. The van der Waals surface area contributed by atoms with Gasteiger partial charge in [0.05, 0.1) is 18.8 Å². The number of primary amides is 1. The molecule has 0 aliphatic carbocycles. The van der Waals surface area contributed by atoms with E-state index in [1.165, 1.54) is 13.2 Å². The van der Waals surface area contributed by atoms with Crippen LogP contribution in [0.3, 0.4) is 0 Å². The minimum Gasteiger partial charge on any atom is -0.495 e. The highest BCUT2D eigenvalue weighted by atomic mass is 19.1. The zero-order chi connectivity index (χ0) is 15.4. The van der Waals surface area contributed by atoms with Crippen LogP contribution in [0, 0.1) is 5.82 Å². The van der Waals surface area contributed by atoms with Crippen molar-refractivity contribution in [2.75, 3.05) is 12.4 Å². The fourth-order valence-electron chi connectivity index (χ4n) is 2.11. The van der Waals surface area contributed by atoms with Gasteiger partial charge in [-0.2, -0.15) is 0 Å². The van der Waals surface area contributed by atoms with Crippen molar-refractivity contribution < 1.29 is 13.9 Å². The number of nitrogens with one attached hydrogen (secondary N) is 1. The van der Waals surface area contributed by atoms with E-state index >= 15 is 0 Å². The van der Waals surface area contributed by atoms with Gasteiger partial charge in [-0.25, -0.2) is 4.39 Å². The topological polar surface area (TPSA) is 64.3 Å². The van der Waals surface area contributed by atoms with Gasteiger partial charge in [-0.15, -0.1) is 0 Å². The summed E-state index contributed by atoms with van der Waals surface area (Å²) in [5.41, 5.74) is 6.75. The van der Waals surface area contributed by atoms with Crippen LogP contribution in [0.4, 0.5) is 10.1 Å². The normalized spacial score (nSPS) is 11.8. The Morgan fingerprint density at radius 1 is 1.29 bits per heavy atom. The van der Waals surface area contributed by atoms with E-state index in [2.05, 4.69) is 5.32 Å². The zero-order valence-electron chi connectivity index (χ0n) is 11.9. The second kappa shape index (κ2) is 6.26. The van der Waals surface area contributed by atoms with Crippen LogP contribution in [0.25, 0.3) is 0 Å². The summed E-state index contributed by atoms with van der Waals surface area (Å²) in [7, 11) is 1.53. The number of hydrogen-bond donors (Lipinski definition) is 2. The highest BCUT2D eigenvalue weighted by molar-refractivity contribution is 5.94. The maximum atomic E-state index is 13.8. The third-order valence-corrected chi connectivity index (χ3v) is 3.23. The van der Waals surface area contributed by atoms with Gasteiger partial charge in [0.15, 0.2) is 0 Å². The first-order valence-electron chi connectivity index (χ1n) is 6.51. The molecule has 1 amide bonds. The predicted octanol–water partition coefficient (Wildman–Crippen LogP) is 3.11. The molecule has 21 heavy (non-hydrogen) atoms. The van der Waals surface area contributed by atoms with E-state index in [-0.39, 0.29) is 11.9 Å². The molecule has 2 aromatic rings. The van der Waals surface area contributed by atoms with Crippen LogP contribution < -0.4 is 15.8 Å². The van der Waals surface area contributed by atoms with Crippen LogP contribution in [-0.2, 0) is 0 Å². The molecule has 0 saturated carbocycles. The molecule has 1 atom stereocenters. The summed E-state index contributed by atoms with van der Waals surface area (Å²) in [6, 6.07) is 11.1. The van der Waals surface area contributed by atoms with Crippen molar-refractivity contribution in [2.24, 2.45) is 5.73 Å². The number of hydrogen-bond acceptors (Lipinski definition) is 3. The molecule has 0 spiro atoms. The van der Waals surface area contributed by atoms with E-state index < -0.39 is 5.91 Å². The lowest BCUT2D eigenvalue weighted by atomic mass is 10.1. The summed E-state index contributed by atoms with van der Waals surface area (Å²) in [6.07, 6.45) is 0. The minimum atomic E-state index is -0.528. The molecule has 0 saturated heterocycles. The second-order valence-electron chi connectivity index (χ2n) is 4.67. The lowest BCUT2D eigenvalue weighted by molar-refractivity contribution is 0.100. The Morgan fingerprint density at radius 3 is 2.62 bits per heavy atom. The molecule has 0 radical (unpaired) electrons. The van der Waals surface area contributed by atoms with Crippen LogP contribution in [0.5, 0.6) is 5.75 Å². The molecular formula is C16H17FN2O2. The summed E-state index contributed by atoms with van der Waals surface area (Å²) >= 11 is 0. The minimum absolute atomic E-state index is 0.289. The number of amides is 1. The first kappa shape index (κ1) is 14.8. The van der Waals surface area contributed by atoms with Crippen molar-refractivity contribution in [2.45, 2.75) is 13.0 Å². The van der Waals surface area contributed by atoms with Crippen molar-refractivity contribution in [3.05, 3.63) is 59.4 Å². The van der Waals surface area contributed by atoms with Gasteiger partial charge < -0.3 is 15.8 Å². The molecular weight excluding hydrogens is 271 g/mol. The Balaban J connectivity index is 2.31. The Kier molecular flexibility index (Phi) is 4.42. The van der Waals surface area contributed by atoms with E-state index in [0.717, 1.165) is 0 Å². The van der Waals surface area contributed by atoms with Crippen LogP contribution in [-0.4, -0.2) is 13.0 Å². The molecule has 5 heteroatoms.